The molecule has 0 unspecified atom stereocenters. The van der Waals surface area contributed by atoms with Crippen LogP contribution in [0.3, 0.4) is 0 Å². The highest BCUT2D eigenvalue weighted by atomic mass is 35.5. The average molecular weight is 460 g/mol. The third-order valence-electron chi connectivity index (χ3n) is 5.80. The molecule has 8 nitrogen and oxygen atoms in total. The minimum absolute atomic E-state index is 0.0258. The first kappa shape index (κ1) is 20.8. The molecule has 2 heterocycles. The summed E-state index contributed by atoms with van der Waals surface area (Å²) in [4.78, 5) is 30.5. The van der Waals surface area contributed by atoms with Crippen LogP contribution in [0.2, 0.25) is 5.02 Å². The molecule has 4 aromatic rings. The Morgan fingerprint density at radius 2 is 1.61 bits per heavy atom. The van der Waals surface area contributed by atoms with Crippen molar-refractivity contribution in [3.05, 3.63) is 117 Å². The molecule has 0 aliphatic carbocycles. The maximum atomic E-state index is 13.8. The van der Waals surface area contributed by atoms with Gasteiger partial charge in [-0.05, 0) is 29.7 Å². The number of nitrogens with zero attached hydrogens (tertiary/aromatic N) is 5. The van der Waals surface area contributed by atoms with Gasteiger partial charge in [0.25, 0.3) is 11.6 Å². The maximum Gasteiger partial charge on any atom is 0.288 e. The van der Waals surface area contributed by atoms with E-state index in [1.807, 2.05) is 60.7 Å². The number of nitro groups is 1. The topological polar surface area (TPSA) is 94.2 Å². The van der Waals surface area contributed by atoms with Crippen molar-refractivity contribution in [3.8, 4) is 0 Å². The number of halogens is 1. The summed E-state index contributed by atoms with van der Waals surface area (Å²) in [7, 11) is 0. The number of fused-ring (bicyclic) bond motifs is 1. The Kier molecular flexibility index (Phi) is 5.35. The number of carbonyl (C=O) groups excluding carboxylic acids is 1. The number of anilines is 1. The van der Waals surface area contributed by atoms with Crippen molar-refractivity contribution in [2.24, 2.45) is 0 Å². The molecule has 1 aliphatic rings. The van der Waals surface area contributed by atoms with E-state index in [4.69, 9.17) is 11.6 Å². The lowest BCUT2D eigenvalue weighted by atomic mass is 9.91. The Labute approximate surface area is 194 Å². The van der Waals surface area contributed by atoms with Crippen LogP contribution >= 0.6 is 11.6 Å². The van der Waals surface area contributed by atoms with Crippen LogP contribution in [-0.2, 0) is 0 Å². The van der Waals surface area contributed by atoms with Gasteiger partial charge in [0.15, 0.2) is 0 Å². The van der Waals surface area contributed by atoms with Gasteiger partial charge in [-0.15, -0.1) is 0 Å². The Hall–Kier alpha value is -4.04. The molecule has 0 bridgehead atoms. The zero-order valence-electron chi connectivity index (χ0n) is 17.3. The molecule has 0 radical (unpaired) electrons. The highest BCUT2D eigenvalue weighted by Gasteiger charge is 2.40. The van der Waals surface area contributed by atoms with Gasteiger partial charge in [0.1, 0.15) is 11.3 Å². The predicted molar refractivity (Wildman–Crippen MR) is 123 cm³/mol. The zero-order valence-corrected chi connectivity index (χ0v) is 18.0. The number of aromatic nitrogens is 3. The van der Waals surface area contributed by atoms with E-state index in [1.54, 1.807) is 9.58 Å². The lowest BCUT2D eigenvalue weighted by Gasteiger charge is -2.39. The van der Waals surface area contributed by atoms with Gasteiger partial charge >= 0.3 is 0 Å². The number of nitro benzene ring substituents is 1. The van der Waals surface area contributed by atoms with Gasteiger partial charge in [-0.3, -0.25) is 19.8 Å². The number of rotatable bonds is 4. The van der Waals surface area contributed by atoms with Crippen LogP contribution in [0.15, 0.2) is 85.2 Å². The number of benzene rings is 3. The van der Waals surface area contributed by atoms with Gasteiger partial charge in [-0.25, -0.2) is 4.68 Å². The summed E-state index contributed by atoms with van der Waals surface area (Å²) in [5.74, 6) is -0.0315. The van der Waals surface area contributed by atoms with E-state index < -0.39 is 10.8 Å². The minimum atomic E-state index is -0.599. The minimum Gasteiger partial charge on any atom is -0.269 e. The molecule has 1 amide bonds. The van der Waals surface area contributed by atoms with Gasteiger partial charge in [-0.1, -0.05) is 72.3 Å². The molecule has 1 aromatic heterocycles. The standard InChI is InChI=1S/C24H18ClN5O3/c25-19-12-11-18(13-22(19)30(32)33)23(31)28-20(16-7-3-1-4-8-16)14-21(17-9-5-2-6-10-17)29-24(28)26-15-27-29/h1-13,15,20-21H,14H2/t20-,21-/m0/s1. The zero-order chi connectivity index (χ0) is 22.9. The molecular weight excluding hydrogens is 442 g/mol. The molecule has 3 aromatic carbocycles. The molecule has 0 spiro atoms. The Morgan fingerprint density at radius 1 is 0.970 bits per heavy atom. The summed E-state index contributed by atoms with van der Waals surface area (Å²) in [6, 6.07) is 23.2. The van der Waals surface area contributed by atoms with Gasteiger partial charge in [0.05, 0.1) is 17.0 Å². The quantitative estimate of drug-likeness (QED) is 0.308. The summed E-state index contributed by atoms with van der Waals surface area (Å²) in [6.07, 6.45) is 1.98. The third kappa shape index (κ3) is 3.74. The maximum absolute atomic E-state index is 13.8. The fraction of sp³-hybridized carbons (Fsp3) is 0.125. The largest absolute Gasteiger partial charge is 0.288 e. The SMILES string of the molecule is O=C(c1ccc(Cl)c([N+](=O)[O-])c1)N1c2ncnn2[C@H](c2ccccc2)C[C@H]1c1ccccc1. The van der Waals surface area contributed by atoms with E-state index in [9.17, 15) is 14.9 Å². The van der Waals surface area contributed by atoms with Gasteiger partial charge in [0.2, 0.25) is 5.95 Å². The summed E-state index contributed by atoms with van der Waals surface area (Å²) < 4.78 is 1.73. The molecule has 164 valence electrons. The third-order valence-corrected chi connectivity index (χ3v) is 6.12. The fourth-order valence-electron chi connectivity index (χ4n) is 4.26. The van der Waals surface area contributed by atoms with Crippen LogP contribution in [0.4, 0.5) is 11.6 Å². The predicted octanol–water partition coefficient (Wildman–Crippen LogP) is 5.22. The van der Waals surface area contributed by atoms with Crippen molar-refractivity contribution < 1.29 is 9.72 Å². The van der Waals surface area contributed by atoms with Crippen molar-refractivity contribution in [2.75, 3.05) is 4.90 Å². The van der Waals surface area contributed by atoms with Crippen LogP contribution < -0.4 is 4.90 Å². The highest BCUT2D eigenvalue weighted by Crippen LogP contribution is 2.42. The van der Waals surface area contributed by atoms with Crippen molar-refractivity contribution in [2.45, 2.75) is 18.5 Å². The summed E-state index contributed by atoms with van der Waals surface area (Å²) >= 11 is 5.96. The second-order valence-corrected chi connectivity index (χ2v) is 8.10. The Morgan fingerprint density at radius 3 is 2.24 bits per heavy atom. The number of hydrogen-bond acceptors (Lipinski definition) is 5. The van der Waals surface area contributed by atoms with E-state index in [1.165, 1.54) is 24.5 Å². The summed E-state index contributed by atoms with van der Waals surface area (Å²) in [5.41, 5.74) is 1.82. The lowest BCUT2D eigenvalue weighted by molar-refractivity contribution is -0.384. The van der Waals surface area contributed by atoms with Crippen LogP contribution in [0.25, 0.3) is 0 Å². The first-order chi connectivity index (χ1) is 16.0. The molecule has 9 heteroatoms. The first-order valence-electron chi connectivity index (χ1n) is 10.3. The molecule has 0 saturated carbocycles. The molecule has 0 N–H and O–H groups in total. The number of amides is 1. The summed E-state index contributed by atoms with van der Waals surface area (Å²) in [6.45, 7) is 0. The van der Waals surface area contributed by atoms with E-state index >= 15 is 0 Å². The van der Waals surface area contributed by atoms with E-state index in [0.717, 1.165) is 11.1 Å². The van der Waals surface area contributed by atoms with Crippen LogP contribution in [0.1, 0.15) is 40.0 Å². The van der Waals surface area contributed by atoms with Crippen LogP contribution in [0, 0.1) is 10.1 Å². The van der Waals surface area contributed by atoms with Gasteiger partial charge in [0, 0.05) is 11.6 Å². The number of carbonyl (C=O) groups is 1. The van der Waals surface area contributed by atoms with E-state index in [0.29, 0.717) is 12.4 Å². The molecule has 5 rings (SSSR count). The van der Waals surface area contributed by atoms with Crippen molar-refractivity contribution in [3.63, 3.8) is 0 Å². The average Bonchev–Trinajstić information content (AvgIpc) is 3.33. The molecule has 2 atom stereocenters. The van der Waals surface area contributed by atoms with Crippen LogP contribution in [0.5, 0.6) is 0 Å². The van der Waals surface area contributed by atoms with Crippen molar-refractivity contribution in [1.29, 1.82) is 0 Å². The Balaban J connectivity index is 1.65. The van der Waals surface area contributed by atoms with Gasteiger partial charge in [-0.2, -0.15) is 10.1 Å². The van der Waals surface area contributed by atoms with Gasteiger partial charge < -0.3 is 0 Å². The summed E-state index contributed by atoms with van der Waals surface area (Å²) in [5, 5.41) is 15.8. The lowest BCUT2D eigenvalue weighted by Crippen LogP contribution is -2.42. The molecule has 0 fully saturated rings. The number of hydrogen-bond donors (Lipinski definition) is 0. The second-order valence-electron chi connectivity index (χ2n) is 7.69. The molecule has 1 aliphatic heterocycles. The monoisotopic (exact) mass is 459 g/mol. The molecular formula is C24H18ClN5O3. The normalized spacial score (nSPS) is 17.4. The first-order valence-corrected chi connectivity index (χ1v) is 10.7. The highest BCUT2D eigenvalue weighted by molar-refractivity contribution is 6.32. The molecule has 0 saturated heterocycles. The van der Waals surface area contributed by atoms with Crippen LogP contribution in [-0.4, -0.2) is 25.6 Å². The van der Waals surface area contributed by atoms with Crippen molar-refractivity contribution in [1.82, 2.24) is 14.8 Å². The van der Waals surface area contributed by atoms with E-state index in [-0.39, 0.29) is 28.4 Å². The Bertz CT molecular complexity index is 1330. The van der Waals surface area contributed by atoms with Crippen molar-refractivity contribution >= 4 is 29.1 Å². The fourth-order valence-corrected chi connectivity index (χ4v) is 4.45. The van der Waals surface area contributed by atoms with E-state index in [2.05, 4.69) is 10.1 Å². The second kappa shape index (κ2) is 8.48. The smallest absolute Gasteiger partial charge is 0.269 e. The molecule has 33 heavy (non-hydrogen) atoms.